The van der Waals surface area contributed by atoms with Crippen molar-refractivity contribution in [2.75, 3.05) is 250 Å². The highest BCUT2D eigenvalue weighted by molar-refractivity contribution is 5.48. The summed E-state index contributed by atoms with van der Waals surface area (Å²) in [7, 11) is 0. The molecular weight excluding hydrogens is 1070 g/mol. The predicted octanol–water partition coefficient (Wildman–Crippen LogP) is 6.91. The minimum atomic E-state index is 0. The Balaban J connectivity index is 0.000000272. The van der Waals surface area contributed by atoms with Gasteiger partial charge in [-0.2, -0.15) is 0 Å². The average Bonchev–Trinajstić information content (AvgIpc) is 3.56. The maximum absolute atomic E-state index is 5.81. The summed E-state index contributed by atoms with van der Waals surface area (Å²) in [6, 6.07) is 25.7. The van der Waals surface area contributed by atoms with E-state index in [0.717, 1.165) is 141 Å². The maximum atomic E-state index is 5.81. The van der Waals surface area contributed by atoms with Gasteiger partial charge in [0.2, 0.25) is 0 Å². The smallest absolute Gasteiger partial charge is 0.0701 e. The topological polar surface area (TPSA) is 136 Å². The van der Waals surface area contributed by atoms with Crippen LogP contribution in [0.25, 0.3) is 18.2 Å². The highest BCUT2D eigenvalue weighted by atomic mass is 16.6. The van der Waals surface area contributed by atoms with Gasteiger partial charge in [0.15, 0.2) is 0 Å². The first-order valence-electron chi connectivity index (χ1n) is 30.4. The van der Waals surface area contributed by atoms with Gasteiger partial charge in [-0.1, -0.05) is 118 Å². The Morgan fingerprint density at radius 2 is 0.417 bits per heavy atom. The highest BCUT2D eigenvalue weighted by Gasteiger charge is 2.16. The molecule has 0 saturated carbocycles. The van der Waals surface area contributed by atoms with E-state index in [0.29, 0.717) is 145 Å². The molecule has 18 heteroatoms. The number of nitrogens with zero attached hydrogens (tertiary/aromatic N) is 5. The molecule has 4 aliphatic heterocycles. The van der Waals surface area contributed by atoms with Gasteiger partial charge in [0.05, 0.1) is 172 Å². The molecule has 0 radical (unpaired) electrons. The molecule has 0 spiro atoms. The van der Waals surface area contributed by atoms with Crippen LogP contribution in [0.1, 0.15) is 40.8 Å². The zero-order valence-corrected chi connectivity index (χ0v) is 50.3. The molecule has 18 nitrogen and oxygen atoms in total. The molecule has 3 aromatic carbocycles. The van der Waals surface area contributed by atoms with E-state index in [1.807, 2.05) is 18.2 Å². The molecular formula is C66H107N5O13. The third kappa shape index (κ3) is 36.3. The molecule has 0 aliphatic carbocycles. The SMILES string of the molecule is C.C=Cc1ccc(CN2CCN3CCOCCOCCN(CCOCCOCC3)CC2)cc1.C=Cc1ccc(CN2CCOCCOCCOCCOCC2)cc1.C=Cc1ccc(CN2CCOCCOCCOCCOCCOCC2)cc1. The fraction of sp³-hybridized carbons (Fsp3) is 0.636. The van der Waals surface area contributed by atoms with Gasteiger partial charge in [0.1, 0.15) is 0 Å². The third-order valence-corrected chi connectivity index (χ3v) is 14.1. The van der Waals surface area contributed by atoms with Crippen molar-refractivity contribution in [1.29, 1.82) is 0 Å². The standard InChI is InChI=1S/C25H41N3O4.C21H33NO5.C19H29NO4.CH4/c1-2-24-3-5-25(6-4-24)23-28-9-7-26-11-15-29-19-21-31-17-13-27(8-10-28)14-18-32-22-20-30-16-12-26;1-2-20-3-5-21(6-4-20)19-22-7-9-23-11-13-25-15-17-27-18-16-26-14-12-24-10-8-22;1-2-18-3-5-19(6-4-18)17-20-7-9-21-11-13-23-15-16-24-14-12-22-10-8-20;/h2-6H,1,7-23H2;2-6H,1,7-19H2;2-6H,1,7-17H2;1H4. The Kier molecular flexibility index (Phi) is 43.4. The minimum Gasteiger partial charge on any atom is -0.378 e. The number of hydrogen-bond acceptors (Lipinski definition) is 18. The molecule has 2 bridgehead atoms. The lowest BCUT2D eigenvalue weighted by molar-refractivity contribution is -0.0189. The van der Waals surface area contributed by atoms with Crippen LogP contribution in [0.3, 0.4) is 0 Å². The number of fused-ring (bicyclic) bond motifs is 6. The molecule has 7 rings (SSSR count). The molecule has 0 amide bonds. The van der Waals surface area contributed by atoms with Crippen LogP contribution in [-0.2, 0) is 81.2 Å². The first kappa shape index (κ1) is 72.6. The van der Waals surface area contributed by atoms with Crippen molar-refractivity contribution in [3.05, 3.63) is 126 Å². The van der Waals surface area contributed by atoms with Gasteiger partial charge in [-0.3, -0.25) is 24.5 Å². The van der Waals surface area contributed by atoms with Crippen molar-refractivity contribution in [2.45, 2.75) is 27.1 Å². The first-order chi connectivity index (χ1) is 41.1. The predicted molar refractivity (Wildman–Crippen MR) is 336 cm³/mol. The molecule has 0 unspecified atom stereocenters. The molecule has 4 fully saturated rings. The Morgan fingerprint density at radius 3 is 0.619 bits per heavy atom. The van der Waals surface area contributed by atoms with E-state index in [1.54, 1.807) is 0 Å². The summed E-state index contributed by atoms with van der Waals surface area (Å²) in [6.07, 6.45) is 5.61. The summed E-state index contributed by atoms with van der Waals surface area (Å²) in [5, 5.41) is 0. The van der Waals surface area contributed by atoms with Gasteiger partial charge in [0.25, 0.3) is 0 Å². The van der Waals surface area contributed by atoms with Gasteiger partial charge in [0, 0.05) is 98.2 Å². The van der Waals surface area contributed by atoms with Gasteiger partial charge >= 0.3 is 0 Å². The quantitative estimate of drug-likeness (QED) is 0.205. The van der Waals surface area contributed by atoms with Crippen LogP contribution in [0, 0.1) is 0 Å². The van der Waals surface area contributed by atoms with Crippen molar-refractivity contribution in [2.24, 2.45) is 0 Å². The number of ether oxygens (including phenoxy) is 13. The number of rotatable bonds is 9. The Bertz CT molecular complexity index is 1940. The average molecular weight is 1180 g/mol. The largest absolute Gasteiger partial charge is 0.378 e. The van der Waals surface area contributed by atoms with Gasteiger partial charge in [-0.15, -0.1) is 0 Å². The van der Waals surface area contributed by atoms with E-state index in [9.17, 15) is 0 Å². The van der Waals surface area contributed by atoms with Crippen LogP contribution in [0.4, 0.5) is 0 Å². The summed E-state index contributed by atoms with van der Waals surface area (Å²) in [5.74, 6) is 0. The van der Waals surface area contributed by atoms with E-state index in [4.69, 9.17) is 61.6 Å². The zero-order chi connectivity index (χ0) is 58.1. The van der Waals surface area contributed by atoms with Gasteiger partial charge < -0.3 is 61.6 Å². The lowest BCUT2D eigenvalue weighted by atomic mass is 10.1. The van der Waals surface area contributed by atoms with E-state index in [-0.39, 0.29) is 7.43 Å². The minimum absolute atomic E-state index is 0. The second kappa shape index (κ2) is 50.2. The van der Waals surface area contributed by atoms with Crippen LogP contribution < -0.4 is 0 Å². The molecule has 4 saturated heterocycles. The number of benzene rings is 3. The summed E-state index contributed by atoms with van der Waals surface area (Å²) >= 11 is 0. The molecule has 474 valence electrons. The lowest BCUT2D eigenvalue weighted by Crippen LogP contribution is -2.42. The Labute approximate surface area is 505 Å². The fourth-order valence-electron chi connectivity index (χ4n) is 9.03. The molecule has 0 N–H and O–H groups in total. The van der Waals surface area contributed by atoms with E-state index < -0.39 is 0 Å². The van der Waals surface area contributed by atoms with E-state index in [2.05, 4.69) is 117 Å². The monoisotopic (exact) mass is 1180 g/mol. The molecule has 4 heterocycles. The summed E-state index contributed by atoms with van der Waals surface area (Å²) in [6.45, 7) is 42.0. The van der Waals surface area contributed by atoms with Crippen LogP contribution in [-0.4, -0.2) is 275 Å². The first-order valence-corrected chi connectivity index (χ1v) is 30.4. The van der Waals surface area contributed by atoms with Gasteiger partial charge in [-0.25, -0.2) is 0 Å². The molecule has 0 atom stereocenters. The van der Waals surface area contributed by atoms with Crippen molar-refractivity contribution in [3.63, 3.8) is 0 Å². The normalized spacial score (nSPS) is 22.3. The fourth-order valence-corrected chi connectivity index (χ4v) is 9.03. The Morgan fingerprint density at radius 1 is 0.238 bits per heavy atom. The van der Waals surface area contributed by atoms with Crippen molar-refractivity contribution in [1.82, 2.24) is 24.5 Å². The lowest BCUT2D eigenvalue weighted by Gasteiger charge is -2.30. The van der Waals surface area contributed by atoms with Crippen LogP contribution >= 0.6 is 0 Å². The Hall–Kier alpha value is -3.84. The van der Waals surface area contributed by atoms with Crippen LogP contribution in [0.5, 0.6) is 0 Å². The second-order valence-corrected chi connectivity index (χ2v) is 20.3. The van der Waals surface area contributed by atoms with E-state index >= 15 is 0 Å². The second-order valence-electron chi connectivity index (χ2n) is 20.3. The third-order valence-electron chi connectivity index (χ3n) is 14.1. The van der Waals surface area contributed by atoms with E-state index in [1.165, 1.54) is 16.7 Å². The molecule has 0 aromatic heterocycles. The molecule has 4 aliphatic rings. The van der Waals surface area contributed by atoms with Crippen molar-refractivity contribution >= 4 is 18.2 Å². The summed E-state index contributed by atoms with van der Waals surface area (Å²) in [5.41, 5.74) is 7.33. The highest BCUT2D eigenvalue weighted by Crippen LogP contribution is 2.12. The zero-order valence-electron chi connectivity index (χ0n) is 50.3. The molecule has 3 aromatic rings. The van der Waals surface area contributed by atoms with Crippen LogP contribution in [0.2, 0.25) is 0 Å². The van der Waals surface area contributed by atoms with Crippen molar-refractivity contribution in [3.8, 4) is 0 Å². The summed E-state index contributed by atoms with van der Waals surface area (Å²) < 4.78 is 73.2. The van der Waals surface area contributed by atoms with Gasteiger partial charge in [-0.05, 0) is 33.4 Å². The molecule has 84 heavy (non-hydrogen) atoms. The summed E-state index contributed by atoms with van der Waals surface area (Å²) in [4.78, 5) is 12.2. The maximum Gasteiger partial charge on any atom is 0.0701 e. The van der Waals surface area contributed by atoms with Crippen molar-refractivity contribution < 1.29 is 61.6 Å². The number of hydrogen-bond donors (Lipinski definition) is 0. The van der Waals surface area contributed by atoms with Crippen LogP contribution in [0.15, 0.2) is 92.5 Å².